The van der Waals surface area contributed by atoms with Gasteiger partial charge in [-0.15, -0.1) is 0 Å². The second-order valence-corrected chi connectivity index (χ2v) is 4.88. The molecule has 0 aromatic heterocycles. The number of unbranched alkanes of at least 4 members (excludes halogenated alkanes) is 2. The summed E-state index contributed by atoms with van der Waals surface area (Å²) >= 11 is 0. The van der Waals surface area contributed by atoms with Gasteiger partial charge in [0.2, 0.25) is 0 Å². The molecule has 3 nitrogen and oxygen atoms in total. The van der Waals surface area contributed by atoms with Gasteiger partial charge in [-0.3, -0.25) is 0 Å². The summed E-state index contributed by atoms with van der Waals surface area (Å²) in [4.78, 5) is 0. The Morgan fingerprint density at radius 1 is 1.47 bits per heavy atom. The van der Waals surface area contributed by atoms with Crippen molar-refractivity contribution in [1.29, 1.82) is 0 Å². The highest BCUT2D eigenvalue weighted by Crippen LogP contribution is 2.21. The third-order valence-electron chi connectivity index (χ3n) is 3.00. The van der Waals surface area contributed by atoms with Crippen molar-refractivity contribution in [2.24, 2.45) is 0 Å². The minimum atomic E-state index is -0.534. The van der Waals surface area contributed by atoms with E-state index in [1.165, 1.54) is 12.8 Å². The van der Waals surface area contributed by atoms with Gasteiger partial charge in [-0.25, -0.2) is 0 Å². The second kappa shape index (κ2) is 6.46. The summed E-state index contributed by atoms with van der Waals surface area (Å²) in [5, 5.41) is 13.6. The van der Waals surface area contributed by atoms with Gasteiger partial charge in [0.05, 0.1) is 18.8 Å². The van der Waals surface area contributed by atoms with E-state index in [1.54, 1.807) is 0 Å². The Hall–Kier alpha value is -0.120. The average Bonchev–Trinajstić information content (AvgIpc) is 2.18. The van der Waals surface area contributed by atoms with Gasteiger partial charge in [0, 0.05) is 12.6 Å². The van der Waals surface area contributed by atoms with Gasteiger partial charge in [0.15, 0.2) is 0 Å². The van der Waals surface area contributed by atoms with Crippen molar-refractivity contribution in [3.8, 4) is 0 Å². The van der Waals surface area contributed by atoms with Crippen molar-refractivity contribution in [1.82, 2.24) is 5.32 Å². The van der Waals surface area contributed by atoms with Crippen LogP contribution in [0.25, 0.3) is 0 Å². The molecule has 0 bridgehead atoms. The Labute approximate surface area is 93.2 Å². The summed E-state index contributed by atoms with van der Waals surface area (Å²) in [7, 11) is 0. The molecule has 15 heavy (non-hydrogen) atoms. The molecular weight excluding hydrogens is 190 g/mol. The van der Waals surface area contributed by atoms with E-state index in [0.29, 0.717) is 6.04 Å². The number of hydrogen-bond acceptors (Lipinski definition) is 3. The van der Waals surface area contributed by atoms with Crippen LogP contribution in [0.2, 0.25) is 0 Å². The smallest absolute Gasteiger partial charge is 0.0635 e. The molecule has 1 heterocycles. The molecule has 0 aromatic carbocycles. The van der Waals surface area contributed by atoms with Crippen LogP contribution in [0, 0.1) is 0 Å². The van der Waals surface area contributed by atoms with Gasteiger partial charge in [-0.05, 0) is 19.8 Å². The fraction of sp³-hybridized carbons (Fsp3) is 1.00. The second-order valence-electron chi connectivity index (χ2n) is 4.88. The molecule has 1 aliphatic rings. The number of rotatable bonds is 6. The first-order valence-electron chi connectivity index (χ1n) is 6.17. The van der Waals surface area contributed by atoms with Gasteiger partial charge < -0.3 is 15.2 Å². The lowest BCUT2D eigenvalue weighted by atomic mass is 9.91. The van der Waals surface area contributed by atoms with Crippen molar-refractivity contribution in [2.75, 3.05) is 19.8 Å². The molecule has 1 fully saturated rings. The van der Waals surface area contributed by atoms with Crippen LogP contribution in [0.15, 0.2) is 0 Å². The van der Waals surface area contributed by atoms with Gasteiger partial charge in [-0.1, -0.05) is 26.2 Å². The first-order valence-corrected chi connectivity index (χ1v) is 6.17. The van der Waals surface area contributed by atoms with Crippen molar-refractivity contribution in [3.63, 3.8) is 0 Å². The van der Waals surface area contributed by atoms with Crippen LogP contribution in [0.3, 0.4) is 0 Å². The molecule has 1 aliphatic heterocycles. The third-order valence-corrected chi connectivity index (χ3v) is 3.00. The monoisotopic (exact) mass is 215 g/mol. The lowest BCUT2D eigenvalue weighted by Gasteiger charge is -2.31. The Balaban J connectivity index is 2.20. The molecule has 0 aromatic rings. The van der Waals surface area contributed by atoms with Crippen LogP contribution < -0.4 is 5.32 Å². The predicted octanol–water partition coefficient (Wildman–Crippen LogP) is 1.70. The molecule has 0 spiro atoms. The summed E-state index contributed by atoms with van der Waals surface area (Å²) < 4.78 is 5.38. The van der Waals surface area contributed by atoms with Gasteiger partial charge >= 0.3 is 0 Å². The molecule has 0 aliphatic carbocycles. The van der Waals surface area contributed by atoms with Crippen molar-refractivity contribution in [2.45, 2.75) is 57.6 Å². The molecule has 1 saturated heterocycles. The molecule has 2 unspecified atom stereocenters. The number of morpholine rings is 1. The Morgan fingerprint density at radius 2 is 2.27 bits per heavy atom. The van der Waals surface area contributed by atoms with Crippen LogP contribution in [-0.4, -0.2) is 36.5 Å². The highest BCUT2D eigenvalue weighted by atomic mass is 16.5. The summed E-state index contributed by atoms with van der Waals surface area (Å²) in [6, 6.07) is 0.329. The summed E-state index contributed by atoms with van der Waals surface area (Å²) in [5.74, 6) is 0. The van der Waals surface area contributed by atoms with Gasteiger partial charge in [0.1, 0.15) is 0 Å². The zero-order valence-corrected chi connectivity index (χ0v) is 10.1. The van der Waals surface area contributed by atoms with Gasteiger partial charge in [-0.2, -0.15) is 0 Å². The lowest BCUT2D eigenvalue weighted by molar-refractivity contribution is -0.000464. The van der Waals surface area contributed by atoms with Crippen LogP contribution >= 0.6 is 0 Å². The summed E-state index contributed by atoms with van der Waals surface area (Å²) in [6.45, 7) is 6.58. The first-order chi connectivity index (χ1) is 7.14. The fourth-order valence-electron chi connectivity index (χ4n) is 2.14. The van der Waals surface area contributed by atoms with E-state index in [0.717, 1.165) is 39.0 Å². The van der Waals surface area contributed by atoms with E-state index in [1.807, 2.05) is 6.92 Å². The van der Waals surface area contributed by atoms with Crippen LogP contribution in [0.5, 0.6) is 0 Å². The Morgan fingerprint density at radius 3 is 2.87 bits per heavy atom. The zero-order valence-electron chi connectivity index (χ0n) is 10.1. The van der Waals surface area contributed by atoms with Gasteiger partial charge in [0.25, 0.3) is 0 Å². The topological polar surface area (TPSA) is 41.5 Å². The van der Waals surface area contributed by atoms with E-state index in [-0.39, 0.29) is 0 Å². The average molecular weight is 215 g/mol. The Kier molecular flexibility index (Phi) is 5.58. The van der Waals surface area contributed by atoms with E-state index >= 15 is 0 Å². The molecule has 2 atom stereocenters. The predicted molar refractivity (Wildman–Crippen MR) is 62.0 cm³/mol. The molecule has 1 rings (SSSR count). The van der Waals surface area contributed by atoms with Crippen LogP contribution in [-0.2, 0) is 4.74 Å². The quantitative estimate of drug-likeness (QED) is 0.663. The molecule has 3 heteroatoms. The van der Waals surface area contributed by atoms with E-state index < -0.39 is 5.60 Å². The zero-order chi connectivity index (χ0) is 11.1. The highest BCUT2D eigenvalue weighted by molar-refractivity contribution is 4.82. The number of aliphatic hydroxyl groups is 1. The van der Waals surface area contributed by atoms with Crippen LogP contribution in [0.4, 0.5) is 0 Å². The Bertz CT molecular complexity index is 165. The fourth-order valence-corrected chi connectivity index (χ4v) is 2.14. The maximum absolute atomic E-state index is 10.2. The molecule has 0 saturated carbocycles. The minimum Gasteiger partial charge on any atom is -0.390 e. The lowest BCUT2D eigenvalue weighted by Crippen LogP contribution is -2.45. The molecule has 0 radical (unpaired) electrons. The standard InChI is InChI=1S/C12H25NO2/c1-3-4-5-6-12(2,14)9-11-10-15-8-7-13-11/h11,13-14H,3-10H2,1-2H3. The van der Waals surface area contributed by atoms with Crippen molar-refractivity contribution in [3.05, 3.63) is 0 Å². The normalized spacial score (nSPS) is 26.2. The largest absolute Gasteiger partial charge is 0.390 e. The van der Waals surface area contributed by atoms with Crippen molar-refractivity contribution < 1.29 is 9.84 Å². The van der Waals surface area contributed by atoms with E-state index in [9.17, 15) is 5.11 Å². The molecule has 2 N–H and O–H groups in total. The number of ether oxygens (including phenoxy) is 1. The maximum atomic E-state index is 10.2. The number of hydrogen-bond donors (Lipinski definition) is 2. The number of nitrogens with one attached hydrogen (secondary N) is 1. The highest BCUT2D eigenvalue weighted by Gasteiger charge is 2.26. The molecular formula is C12H25NO2. The summed E-state index contributed by atoms with van der Waals surface area (Å²) in [5.41, 5.74) is -0.534. The van der Waals surface area contributed by atoms with Crippen LogP contribution in [0.1, 0.15) is 46.0 Å². The first kappa shape index (κ1) is 12.9. The molecule has 90 valence electrons. The van der Waals surface area contributed by atoms with E-state index in [2.05, 4.69) is 12.2 Å². The van der Waals surface area contributed by atoms with Crippen molar-refractivity contribution >= 4 is 0 Å². The third kappa shape index (κ3) is 5.50. The maximum Gasteiger partial charge on any atom is 0.0635 e. The van der Waals surface area contributed by atoms with E-state index in [4.69, 9.17) is 4.74 Å². The molecule has 0 amide bonds. The summed E-state index contributed by atoms with van der Waals surface area (Å²) in [6.07, 6.45) is 5.25. The minimum absolute atomic E-state index is 0.329. The SMILES string of the molecule is CCCCCC(C)(O)CC1COCCN1.